The Hall–Kier alpha value is -0.990. The van der Waals surface area contributed by atoms with E-state index in [1.165, 1.54) is 0 Å². The molecule has 22 heavy (non-hydrogen) atoms. The van der Waals surface area contributed by atoms with Gasteiger partial charge in [-0.15, -0.1) is 0 Å². The Labute approximate surface area is 131 Å². The molecule has 0 aromatic heterocycles. The van der Waals surface area contributed by atoms with Crippen molar-refractivity contribution in [2.24, 2.45) is 5.14 Å². The predicted octanol–water partition coefficient (Wildman–Crippen LogP) is 1.49. The number of ether oxygens (including phenoxy) is 1. The summed E-state index contributed by atoms with van der Waals surface area (Å²) >= 11 is 0. The Morgan fingerprint density at radius 3 is 2.41 bits per heavy atom. The van der Waals surface area contributed by atoms with E-state index in [9.17, 15) is 13.5 Å². The quantitative estimate of drug-likeness (QED) is 0.738. The first-order chi connectivity index (χ1) is 10.4. The number of hydrogen-bond acceptors (Lipinski definition) is 5. The van der Waals surface area contributed by atoms with E-state index in [2.05, 4.69) is 4.18 Å². The molecule has 1 unspecified atom stereocenters. The van der Waals surface area contributed by atoms with Crippen molar-refractivity contribution in [2.45, 2.75) is 50.4 Å². The summed E-state index contributed by atoms with van der Waals surface area (Å²) in [6, 6.07) is 9.51. The lowest BCUT2D eigenvalue weighted by Crippen LogP contribution is -2.41. The number of rotatable bonds is 7. The van der Waals surface area contributed by atoms with E-state index < -0.39 is 22.2 Å². The highest BCUT2D eigenvalue weighted by Gasteiger charge is 2.33. The van der Waals surface area contributed by atoms with Crippen LogP contribution >= 0.6 is 0 Å². The fraction of sp³-hybridized carbons (Fsp3) is 0.600. The van der Waals surface area contributed by atoms with Gasteiger partial charge in [0.25, 0.3) is 0 Å². The van der Waals surface area contributed by atoms with E-state index in [1.807, 2.05) is 30.3 Å². The molecule has 0 bridgehead atoms. The zero-order chi connectivity index (χ0) is 16.1. The smallest absolute Gasteiger partial charge is 0.333 e. The molecular formula is C15H23NO5S. The Balaban J connectivity index is 2.03. The number of hydrogen-bond donors (Lipinski definition) is 2. The maximum absolute atomic E-state index is 11.0. The van der Waals surface area contributed by atoms with Crippen molar-refractivity contribution in [3.8, 4) is 0 Å². The largest absolute Gasteiger partial charge is 0.365 e. The molecule has 1 atom stereocenters. The van der Waals surface area contributed by atoms with Gasteiger partial charge in [-0.05, 0) is 18.4 Å². The summed E-state index contributed by atoms with van der Waals surface area (Å²) in [5.41, 5.74) is 0.977. The molecule has 0 spiro atoms. The van der Waals surface area contributed by atoms with Crippen LogP contribution in [0.5, 0.6) is 0 Å². The molecular weight excluding hydrogens is 306 g/mol. The first kappa shape index (κ1) is 17.4. The van der Waals surface area contributed by atoms with Crippen LogP contribution in [0.2, 0.25) is 0 Å². The molecule has 3 N–H and O–H groups in total. The van der Waals surface area contributed by atoms with Gasteiger partial charge >= 0.3 is 10.3 Å². The summed E-state index contributed by atoms with van der Waals surface area (Å²) in [4.78, 5) is 0. The Morgan fingerprint density at radius 2 is 1.82 bits per heavy atom. The molecule has 1 fully saturated rings. The van der Waals surface area contributed by atoms with Crippen LogP contribution in [0.1, 0.15) is 37.7 Å². The molecule has 1 aliphatic rings. The maximum atomic E-state index is 11.0. The lowest BCUT2D eigenvalue weighted by atomic mass is 9.94. The topological polar surface area (TPSA) is 98.9 Å². The summed E-state index contributed by atoms with van der Waals surface area (Å²) in [7, 11) is -4.03. The van der Waals surface area contributed by atoms with Gasteiger partial charge in [0.2, 0.25) is 0 Å². The predicted molar refractivity (Wildman–Crippen MR) is 82.1 cm³/mol. The van der Waals surface area contributed by atoms with Gasteiger partial charge in [-0.1, -0.05) is 36.8 Å². The molecule has 1 aromatic carbocycles. The van der Waals surface area contributed by atoms with Gasteiger partial charge in [0.1, 0.15) is 0 Å². The van der Waals surface area contributed by atoms with Crippen LogP contribution in [0.25, 0.3) is 0 Å². The second kappa shape index (κ2) is 7.52. The highest BCUT2D eigenvalue weighted by molar-refractivity contribution is 7.84. The third kappa shape index (κ3) is 6.02. The van der Waals surface area contributed by atoms with Gasteiger partial charge in [0.15, 0.2) is 5.79 Å². The highest BCUT2D eigenvalue weighted by atomic mass is 32.2. The standard InChI is InChI=1S/C15H23NO5S/c16-22(18,19)20-12-14(11-13-7-3-1-4-8-13)21-15(17)9-5-2-6-10-15/h1,3-4,7-8,14,17H,2,5-6,9-12H2,(H2,16,18,19). The van der Waals surface area contributed by atoms with E-state index in [0.29, 0.717) is 19.3 Å². The van der Waals surface area contributed by atoms with E-state index in [4.69, 9.17) is 9.88 Å². The molecule has 0 amide bonds. The molecule has 0 heterocycles. The Kier molecular flexibility index (Phi) is 5.94. The van der Waals surface area contributed by atoms with Crippen LogP contribution in [0.15, 0.2) is 30.3 Å². The van der Waals surface area contributed by atoms with Crippen molar-refractivity contribution in [1.82, 2.24) is 0 Å². The molecule has 0 saturated heterocycles. The van der Waals surface area contributed by atoms with Crippen molar-refractivity contribution < 1.29 is 22.4 Å². The average molecular weight is 329 g/mol. The van der Waals surface area contributed by atoms with Gasteiger partial charge in [-0.3, -0.25) is 4.18 Å². The second-order valence-electron chi connectivity index (χ2n) is 5.71. The summed E-state index contributed by atoms with van der Waals surface area (Å²) in [5.74, 6) is -1.21. The van der Waals surface area contributed by atoms with Crippen LogP contribution in [-0.4, -0.2) is 32.0 Å². The fourth-order valence-electron chi connectivity index (χ4n) is 2.71. The summed E-state index contributed by atoms with van der Waals surface area (Å²) in [6.07, 6.45) is 3.82. The normalized spacial score (nSPS) is 19.7. The zero-order valence-corrected chi connectivity index (χ0v) is 13.3. The van der Waals surface area contributed by atoms with Crippen molar-refractivity contribution in [2.75, 3.05) is 6.61 Å². The molecule has 2 rings (SSSR count). The number of benzene rings is 1. The molecule has 0 aliphatic heterocycles. The van der Waals surface area contributed by atoms with E-state index >= 15 is 0 Å². The first-order valence-corrected chi connectivity index (χ1v) is 8.95. The summed E-state index contributed by atoms with van der Waals surface area (Å²) < 4.78 is 32.4. The van der Waals surface area contributed by atoms with Crippen LogP contribution in [0, 0.1) is 0 Å². The molecule has 1 saturated carbocycles. The molecule has 7 heteroatoms. The Bertz CT molecular complexity index is 555. The van der Waals surface area contributed by atoms with Gasteiger partial charge in [0, 0.05) is 19.3 Å². The fourth-order valence-corrected chi connectivity index (χ4v) is 3.06. The minimum absolute atomic E-state index is 0.212. The minimum Gasteiger partial charge on any atom is -0.365 e. The third-order valence-corrected chi connectivity index (χ3v) is 4.21. The van der Waals surface area contributed by atoms with Crippen molar-refractivity contribution >= 4 is 10.3 Å². The van der Waals surface area contributed by atoms with Gasteiger partial charge < -0.3 is 9.84 Å². The van der Waals surface area contributed by atoms with Crippen LogP contribution in [0.3, 0.4) is 0 Å². The minimum atomic E-state index is -4.03. The van der Waals surface area contributed by atoms with Crippen molar-refractivity contribution in [1.29, 1.82) is 0 Å². The monoisotopic (exact) mass is 329 g/mol. The van der Waals surface area contributed by atoms with Gasteiger partial charge in [-0.2, -0.15) is 8.42 Å². The summed E-state index contributed by atoms with van der Waals surface area (Å²) in [5, 5.41) is 15.4. The first-order valence-electron chi connectivity index (χ1n) is 7.48. The van der Waals surface area contributed by atoms with E-state index in [-0.39, 0.29) is 6.61 Å². The van der Waals surface area contributed by atoms with E-state index in [1.54, 1.807) is 0 Å². The number of nitrogens with two attached hydrogens (primary N) is 1. The van der Waals surface area contributed by atoms with Crippen LogP contribution < -0.4 is 5.14 Å². The van der Waals surface area contributed by atoms with Gasteiger partial charge in [-0.25, -0.2) is 5.14 Å². The van der Waals surface area contributed by atoms with Crippen LogP contribution in [0.4, 0.5) is 0 Å². The number of aliphatic hydroxyl groups is 1. The van der Waals surface area contributed by atoms with E-state index in [0.717, 1.165) is 24.8 Å². The SMILES string of the molecule is NS(=O)(=O)OCC(Cc1ccccc1)OC1(O)CCCCC1. The zero-order valence-electron chi connectivity index (χ0n) is 12.5. The molecule has 6 nitrogen and oxygen atoms in total. The van der Waals surface area contributed by atoms with Crippen molar-refractivity contribution in [3.05, 3.63) is 35.9 Å². The Morgan fingerprint density at radius 1 is 1.18 bits per heavy atom. The molecule has 124 valence electrons. The lowest BCUT2D eigenvalue weighted by molar-refractivity contribution is -0.248. The molecule has 1 aliphatic carbocycles. The maximum Gasteiger partial charge on any atom is 0.333 e. The third-order valence-electron chi connectivity index (χ3n) is 3.75. The average Bonchev–Trinajstić information content (AvgIpc) is 2.46. The highest BCUT2D eigenvalue weighted by Crippen LogP contribution is 2.30. The van der Waals surface area contributed by atoms with Gasteiger partial charge in [0.05, 0.1) is 12.7 Å². The van der Waals surface area contributed by atoms with Crippen molar-refractivity contribution in [3.63, 3.8) is 0 Å². The summed E-state index contributed by atoms with van der Waals surface area (Å²) in [6.45, 7) is -0.212. The molecule has 1 aromatic rings. The lowest BCUT2D eigenvalue weighted by Gasteiger charge is -2.35. The van der Waals surface area contributed by atoms with Crippen LogP contribution in [-0.2, 0) is 25.6 Å². The molecule has 0 radical (unpaired) electrons. The second-order valence-corrected chi connectivity index (χ2v) is 6.94.